The van der Waals surface area contributed by atoms with Crippen LogP contribution >= 0.6 is 11.8 Å². The first kappa shape index (κ1) is 23.2. The van der Waals surface area contributed by atoms with Crippen LogP contribution in [0, 0.1) is 0 Å². The van der Waals surface area contributed by atoms with Gasteiger partial charge < -0.3 is 21.9 Å². The van der Waals surface area contributed by atoms with Crippen molar-refractivity contribution in [3.05, 3.63) is 0 Å². The monoisotopic (exact) mass is 375 g/mol. The number of esters is 1. The van der Waals surface area contributed by atoms with Crippen molar-refractivity contribution in [3.8, 4) is 0 Å². The van der Waals surface area contributed by atoms with Gasteiger partial charge in [0, 0.05) is 13.5 Å². The molecule has 0 aromatic carbocycles. The Morgan fingerprint density at radius 3 is 2.36 bits per heavy atom. The van der Waals surface area contributed by atoms with Crippen molar-refractivity contribution in [3.63, 3.8) is 0 Å². The predicted octanol–water partition coefficient (Wildman–Crippen LogP) is -0.573. The molecule has 25 heavy (non-hydrogen) atoms. The van der Waals surface area contributed by atoms with Crippen LogP contribution in [0.5, 0.6) is 0 Å². The molecule has 0 rings (SSSR count). The Kier molecular flexibility index (Phi) is 11.6. The molecule has 0 saturated heterocycles. The maximum atomic E-state index is 12.6. The number of rotatable bonds is 11. The lowest BCUT2D eigenvalue weighted by Crippen LogP contribution is -2.54. The maximum absolute atomic E-state index is 12.6. The molecule has 9 nitrogen and oxygen atoms in total. The van der Waals surface area contributed by atoms with Crippen molar-refractivity contribution >= 4 is 35.5 Å². The normalized spacial score (nSPS) is 12.8. The number of hydrogen-bond acceptors (Lipinski definition) is 7. The van der Waals surface area contributed by atoms with Crippen LogP contribution in [0.3, 0.4) is 0 Å². The van der Waals surface area contributed by atoms with E-state index in [0.717, 1.165) is 4.90 Å². The van der Waals surface area contributed by atoms with E-state index in [1.54, 1.807) is 18.7 Å². The van der Waals surface area contributed by atoms with Crippen LogP contribution in [0.4, 0.5) is 0 Å². The Morgan fingerprint density at radius 1 is 1.24 bits per heavy atom. The third-order valence-electron chi connectivity index (χ3n) is 3.33. The van der Waals surface area contributed by atoms with E-state index in [1.807, 2.05) is 6.26 Å². The van der Waals surface area contributed by atoms with E-state index in [4.69, 9.17) is 21.9 Å². The molecule has 2 amide bonds. The number of carbonyl (C=O) groups excluding carboxylic acids is 3. The fraction of sp³-hybridized carbons (Fsp3) is 0.733. The van der Waals surface area contributed by atoms with Gasteiger partial charge in [0.15, 0.2) is 5.96 Å². The molecular weight excluding hydrogens is 346 g/mol. The molecule has 0 unspecified atom stereocenters. The largest absolute Gasteiger partial charge is 0.464 e. The van der Waals surface area contributed by atoms with Crippen molar-refractivity contribution in [1.29, 1.82) is 0 Å². The highest BCUT2D eigenvalue weighted by molar-refractivity contribution is 7.98. The first-order valence-corrected chi connectivity index (χ1v) is 9.45. The maximum Gasteiger partial charge on any atom is 0.329 e. The van der Waals surface area contributed by atoms with Crippen molar-refractivity contribution in [1.82, 2.24) is 4.90 Å². The van der Waals surface area contributed by atoms with E-state index in [9.17, 15) is 14.4 Å². The van der Waals surface area contributed by atoms with Gasteiger partial charge >= 0.3 is 5.97 Å². The minimum absolute atomic E-state index is 0.0636. The van der Waals surface area contributed by atoms with E-state index in [-0.39, 0.29) is 25.5 Å². The highest BCUT2D eigenvalue weighted by Gasteiger charge is 2.35. The van der Waals surface area contributed by atoms with E-state index in [1.165, 1.54) is 6.92 Å². The van der Waals surface area contributed by atoms with Crippen molar-refractivity contribution in [2.45, 2.75) is 45.2 Å². The zero-order chi connectivity index (χ0) is 19.4. The molecule has 0 aromatic rings. The Hall–Kier alpha value is -1.81. The lowest BCUT2D eigenvalue weighted by molar-refractivity contribution is -0.161. The summed E-state index contributed by atoms with van der Waals surface area (Å²) in [7, 11) is 0. The number of aliphatic imine (C=N–C) groups is 1. The molecule has 0 aliphatic rings. The third-order valence-corrected chi connectivity index (χ3v) is 3.97. The van der Waals surface area contributed by atoms with Crippen LogP contribution in [-0.4, -0.2) is 65.9 Å². The third kappa shape index (κ3) is 8.73. The summed E-state index contributed by atoms with van der Waals surface area (Å²) < 4.78 is 5.01. The molecule has 0 bridgehead atoms. The summed E-state index contributed by atoms with van der Waals surface area (Å²) in [6.07, 6.45) is 2.90. The van der Waals surface area contributed by atoms with Crippen LogP contribution in [0.15, 0.2) is 4.99 Å². The van der Waals surface area contributed by atoms with Gasteiger partial charge in [-0.25, -0.2) is 4.79 Å². The van der Waals surface area contributed by atoms with Crippen LogP contribution in [0.25, 0.3) is 0 Å². The molecular formula is C15H29N5O4S. The second-order valence-electron chi connectivity index (χ2n) is 5.33. The van der Waals surface area contributed by atoms with Crippen molar-refractivity contribution < 1.29 is 19.1 Å². The van der Waals surface area contributed by atoms with Crippen LogP contribution in [0.2, 0.25) is 0 Å². The molecule has 0 aliphatic heterocycles. The van der Waals surface area contributed by atoms with Gasteiger partial charge in [0.25, 0.3) is 0 Å². The summed E-state index contributed by atoms with van der Waals surface area (Å²) in [5.41, 5.74) is 16.4. The first-order chi connectivity index (χ1) is 11.8. The molecule has 6 N–H and O–H groups in total. The lowest BCUT2D eigenvalue weighted by atomic mass is 10.1. The van der Waals surface area contributed by atoms with Gasteiger partial charge in [-0.1, -0.05) is 0 Å². The molecule has 2 atom stereocenters. The average Bonchev–Trinajstić information content (AvgIpc) is 2.54. The number of guanidine groups is 1. The van der Waals surface area contributed by atoms with Gasteiger partial charge in [-0.3, -0.25) is 19.5 Å². The number of ether oxygens (including phenoxy) is 1. The van der Waals surface area contributed by atoms with Crippen LogP contribution < -0.4 is 17.2 Å². The molecule has 10 heteroatoms. The minimum atomic E-state index is -1.04. The minimum Gasteiger partial charge on any atom is -0.464 e. The zero-order valence-corrected chi connectivity index (χ0v) is 15.9. The van der Waals surface area contributed by atoms with E-state index in [2.05, 4.69) is 4.99 Å². The molecule has 0 heterocycles. The van der Waals surface area contributed by atoms with Crippen molar-refractivity contribution in [2.75, 3.05) is 25.2 Å². The quantitative estimate of drug-likeness (QED) is 0.188. The SMILES string of the molecule is CCOC(=O)[C@H](CCCN=C(N)N)N(C(C)=O)C(=O)[C@@H](N)CCSC. The number of nitrogens with zero attached hydrogens (tertiary/aromatic N) is 2. The van der Waals surface area contributed by atoms with Crippen LogP contribution in [-0.2, 0) is 19.1 Å². The molecule has 0 spiro atoms. The number of carbonyl (C=O) groups is 3. The topological polar surface area (TPSA) is 154 Å². The van der Waals surface area contributed by atoms with Crippen LogP contribution in [0.1, 0.15) is 33.1 Å². The summed E-state index contributed by atoms with van der Waals surface area (Å²) in [6.45, 7) is 3.29. The predicted molar refractivity (Wildman–Crippen MR) is 98.8 cm³/mol. The molecule has 0 saturated carbocycles. The number of imide groups is 1. The Morgan fingerprint density at radius 2 is 1.88 bits per heavy atom. The van der Waals surface area contributed by atoms with Gasteiger partial charge in [-0.15, -0.1) is 0 Å². The van der Waals surface area contributed by atoms with E-state index < -0.39 is 29.9 Å². The standard InChI is InChI=1S/C15H29N5O4S/c1-4-24-14(23)12(6-5-8-19-15(17)18)20(10(2)21)13(22)11(16)7-9-25-3/h11-12H,4-9,16H2,1-3H3,(H4,17,18,19)/t11-,12-/m0/s1. The van der Waals surface area contributed by atoms with Gasteiger partial charge in [-0.2, -0.15) is 11.8 Å². The highest BCUT2D eigenvalue weighted by Crippen LogP contribution is 2.14. The van der Waals surface area contributed by atoms with E-state index in [0.29, 0.717) is 18.6 Å². The average molecular weight is 375 g/mol. The fourth-order valence-electron chi connectivity index (χ4n) is 2.16. The smallest absolute Gasteiger partial charge is 0.329 e. The second kappa shape index (κ2) is 12.5. The molecule has 144 valence electrons. The number of thioether (sulfide) groups is 1. The highest BCUT2D eigenvalue weighted by atomic mass is 32.2. The second-order valence-corrected chi connectivity index (χ2v) is 6.32. The molecule has 0 fully saturated rings. The summed E-state index contributed by atoms with van der Waals surface area (Å²) >= 11 is 1.54. The van der Waals surface area contributed by atoms with Gasteiger partial charge in [0.1, 0.15) is 6.04 Å². The zero-order valence-electron chi connectivity index (χ0n) is 15.1. The summed E-state index contributed by atoms with van der Waals surface area (Å²) in [6, 6.07) is -1.90. The molecule has 0 aromatic heterocycles. The number of nitrogens with two attached hydrogens (primary N) is 3. The molecule has 0 aliphatic carbocycles. The summed E-state index contributed by atoms with van der Waals surface area (Å²) in [5, 5.41) is 0. The van der Waals surface area contributed by atoms with Gasteiger partial charge in [0.2, 0.25) is 11.8 Å². The lowest BCUT2D eigenvalue weighted by Gasteiger charge is -2.29. The Balaban J connectivity index is 5.27. The van der Waals surface area contributed by atoms with Crippen molar-refractivity contribution in [2.24, 2.45) is 22.2 Å². The Bertz CT molecular complexity index is 483. The number of hydrogen-bond donors (Lipinski definition) is 3. The Labute approximate surface area is 152 Å². The first-order valence-electron chi connectivity index (χ1n) is 8.06. The van der Waals surface area contributed by atoms with E-state index >= 15 is 0 Å². The number of amides is 2. The summed E-state index contributed by atoms with van der Waals surface area (Å²) in [4.78, 5) is 41.6. The van der Waals surface area contributed by atoms with Gasteiger partial charge in [-0.05, 0) is 38.2 Å². The summed E-state index contributed by atoms with van der Waals surface area (Å²) in [5.74, 6) is -1.17. The fourth-order valence-corrected chi connectivity index (χ4v) is 2.65. The molecule has 0 radical (unpaired) electrons. The van der Waals surface area contributed by atoms with Gasteiger partial charge in [0.05, 0.1) is 12.6 Å².